The van der Waals surface area contributed by atoms with Crippen LogP contribution >= 0.6 is 27.5 Å². The summed E-state index contributed by atoms with van der Waals surface area (Å²) in [5.41, 5.74) is 1.60. The summed E-state index contributed by atoms with van der Waals surface area (Å²) in [6.45, 7) is 1.85. The summed E-state index contributed by atoms with van der Waals surface area (Å²) in [4.78, 5) is 0. The van der Waals surface area contributed by atoms with Crippen LogP contribution < -0.4 is 0 Å². The van der Waals surface area contributed by atoms with Crippen molar-refractivity contribution in [1.82, 2.24) is 0 Å². The van der Waals surface area contributed by atoms with Gasteiger partial charge in [0.1, 0.15) is 11.9 Å². The van der Waals surface area contributed by atoms with Crippen molar-refractivity contribution in [3.8, 4) is 0 Å². The molecule has 0 aliphatic heterocycles. The molecule has 0 bridgehead atoms. The maximum absolute atomic E-state index is 13.7. The number of benzene rings is 2. The van der Waals surface area contributed by atoms with Gasteiger partial charge in [-0.3, -0.25) is 0 Å². The second-order valence-electron chi connectivity index (χ2n) is 4.07. The highest BCUT2D eigenvalue weighted by molar-refractivity contribution is 9.10. The zero-order valence-electron chi connectivity index (χ0n) is 9.62. The first-order valence-electron chi connectivity index (χ1n) is 5.38. The van der Waals surface area contributed by atoms with Crippen LogP contribution in [-0.2, 0) is 0 Å². The maximum Gasteiger partial charge on any atom is 0.129 e. The molecule has 18 heavy (non-hydrogen) atoms. The van der Waals surface area contributed by atoms with Crippen molar-refractivity contribution in [2.45, 2.75) is 13.0 Å². The fourth-order valence-electron chi connectivity index (χ4n) is 1.77. The van der Waals surface area contributed by atoms with E-state index in [1.165, 1.54) is 6.07 Å². The van der Waals surface area contributed by atoms with E-state index in [0.717, 1.165) is 5.56 Å². The minimum atomic E-state index is -1.07. The number of halogens is 3. The molecule has 1 nitrogen and oxygen atoms in total. The SMILES string of the molecule is Cc1ccc(F)c(C(O)c2cccc(Br)c2Cl)c1. The van der Waals surface area contributed by atoms with Crippen LogP contribution in [0.1, 0.15) is 22.8 Å². The highest BCUT2D eigenvalue weighted by Crippen LogP contribution is 2.34. The van der Waals surface area contributed by atoms with E-state index < -0.39 is 11.9 Å². The van der Waals surface area contributed by atoms with Crippen LogP contribution in [0.2, 0.25) is 5.02 Å². The van der Waals surface area contributed by atoms with Crippen LogP contribution in [0, 0.1) is 12.7 Å². The Morgan fingerprint density at radius 2 is 1.94 bits per heavy atom. The van der Waals surface area contributed by atoms with Crippen molar-refractivity contribution in [2.75, 3.05) is 0 Å². The number of aryl methyl sites for hydroxylation is 1. The Morgan fingerprint density at radius 3 is 2.67 bits per heavy atom. The van der Waals surface area contributed by atoms with Gasteiger partial charge in [-0.2, -0.15) is 0 Å². The predicted octanol–water partition coefficient (Wildman–Crippen LogP) is 4.63. The summed E-state index contributed by atoms with van der Waals surface area (Å²) in [5.74, 6) is -0.441. The summed E-state index contributed by atoms with van der Waals surface area (Å²) in [5, 5.41) is 10.7. The van der Waals surface area contributed by atoms with E-state index in [4.69, 9.17) is 11.6 Å². The number of aliphatic hydroxyl groups excluding tert-OH is 1. The number of hydrogen-bond acceptors (Lipinski definition) is 1. The molecule has 1 N–H and O–H groups in total. The van der Waals surface area contributed by atoms with Gasteiger partial charge in [0.05, 0.1) is 5.02 Å². The molecule has 0 aliphatic rings. The second kappa shape index (κ2) is 5.39. The van der Waals surface area contributed by atoms with Crippen molar-refractivity contribution in [3.05, 3.63) is 68.4 Å². The maximum atomic E-state index is 13.7. The van der Waals surface area contributed by atoms with E-state index in [0.29, 0.717) is 15.1 Å². The van der Waals surface area contributed by atoms with Crippen molar-refractivity contribution in [2.24, 2.45) is 0 Å². The molecule has 4 heteroatoms. The molecule has 0 saturated heterocycles. The quantitative estimate of drug-likeness (QED) is 0.851. The van der Waals surface area contributed by atoms with Crippen LogP contribution in [0.4, 0.5) is 4.39 Å². The first kappa shape index (κ1) is 13.5. The topological polar surface area (TPSA) is 20.2 Å². The van der Waals surface area contributed by atoms with Gasteiger partial charge in [-0.25, -0.2) is 4.39 Å². The van der Waals surface area contributed by atoms with Crippen LogP contribution in [0.3, 0.4) is 0 Å². The van der Waals surface area contributed by atoms with Crippen LogP contribution in [0.25, 0.3) is 0 Å². The largest absolute Gasteiger partial charge is 0.383 e. The summed E-state index contributed by atoms with van der Waals surface area (Å²) in [6.07, 6.45) is -1.07. The lowest BCUT2D eigenvalue weighted by atomic mass is 9.99. The predicted molar refractivity (Wildman–Crippen MR) is 74.4 cm³/mol. The lowest BCUT2D eigenvalue weighted by Gasteiger charge is -2.15. The number of hydrogen-bond donors (Lipinski definition) is 1. The molecule has 0 amide bonds. The molecule has 2 rings (SSSR count). The standard InChI is InChI=1S/C14H11BrClFO/c1-8-5-6-12(17)10(7-8)14(18)9-3-2-4-11(15)13(9)16/h2-7,14,18H,1H3. The Kier molecular flexibility index (Phi) is 4.05. The minimum absolute atomic E-state index is 0.231. The van der Waals surface area contributed by atoms with Gasteiger partial charge in [-0.1, -0.05) is 41.4 Å². The van der Waals surface area contributed by atoms with E-state index in [-0.39, 0.29) is 5.56 Å². The molecule has 0 spiro atoms. The van der Waals surface area contributed by atoms with Gasteiger partial charge < -0.3 is 5.11 Å². The summed E-state index contributed by atoms with van der Waals surface area (Å²) in [7, 11) is 0. The van der Waals surface area contributed by atoms with Gasteiger partial charge in [0.25, 0.3) is 0 Å². The van der Waals surface area contributed by atoms with Crippen molar-refractivity contribution < 1.29 is 9.50 Å². The average Bonchev–Trinajstić information content (AvgIpc) is 2.35. The van der Waals surface area contributed by atoms with Crippen LogP contribution in [-0.4, -0.2) is 5.11 Å². The van der Waals surface area contributed by atoms with E-state index >= 15 is 0 Å². The Labute approximate surface area is 118 Å². The number of aliphatic hydroxyl groups is 1. The van der Waals surface area contributed by atoms with E-state index in [1.807, 2.05) is 6.92 Å². The summed E-state index contributed by atoms with van der Waals surface area (Å²) < 4.78 is 14.4. The molecule has 0 saturated carbocycles. The lowest BCUT2D eigenvalue weighted by molar-refractivity contribution is 0.215. The molecular weight excluding hydrogens is 319 g/mol. The molecule has 2 aromatic carbocycles. The first-order chi connectivity index (χ1) is 8.50. The first-order valence-corrected chi connectivity index (χ1v) is 6.56. The van der Waals surface area contributed by atoms with Crippen molar-refractivity contribution in [1.29, 1.82) is 0 Å². The van der Waals surface area contributed by atoms with Crippen molar-refractivity contribution in [3.63, 3.8) is 0 Å². The Balaban J connectivity index is 2.51. The zero-order valence-corrected chi connectivity index (χ0v) is 12.0. The molecule has 0 radical (unpaired) electrons. The third-order valence-electron chi connectivity index (χ3n) is 2.72. The zero-order chi connectivity index (χ0) is 13.3. The highest BCUT2D eigenvalue weighted by Gasteiger charge is 2.18. The second-order valence-corrected chi connectivity index (χ2v) is 5.30. The molecule has 94 valence electrons. The third-order valence-corrected chi connectivity index (χ3v) is 4.03. The average molecular weight is 330 g/mol. The molecular formula is C14H11BrClFO. The van der Waals surface area contributed by atoms with Gasteiger partial charge >= 0.3 is 0 Å². The van der Waals surface area contributed by atoms with E-state index in [9.17, 15) is 9.50 Å². The summed E-state index contributed by atoms with van der Waals surface area (Å²) in [6, 6.07) is 9.83. The molecule has 0 fully saturated rings. The Hall–Kier alpha value is -0.900. The van der Waals surface area contributed by atoms with Gasteiger partial charge in [-0.05, 0) is 35.0 Å². The van der Waals surface area contributed by atoms with Gasteiger partial charge in [0.2, 0.25) is 0 Å². The Bertz CT molecular complexity index is 584. The van der Waals surface area contributed by atoms with E-state index in [2.05, 4.69) is 15.9 Å². The fourth-order valence-corrected chi connectivity index (χ4v) is 2.38. The smallest absolute Gasteiger partial charge is 0.129 e. The minimum Gasteiger partial charge on any atom is -0.383 e. The third kappa shape index (κ3) is 2.58. The molecule has 0 aromatic heterocycles. The fraction of sp³-hybridized carbons (Fsp3) is 0.143. The lowest BCUT2D eigenvalue weighted by Crippen LogP contribution is -2.04. The summed E-state index contributed by atoms with van der Waals surface area (Å²) >= 11 is 9.38. The monoisotopic (exact) mass is 328 g/mol. The molecule has 1 unspecified atom stereocenters. The molecule has 0 heterocycles. The van der Waals surface area contributed by atoms with Gasteiger partial charge in [0.15, 0.2) is 0 Å². The van der Waals surface area contributed by atoms with E-state index in [1.54, 1.807) is 30.3 Å². The van der Waals surface area contributed by atoms with Gasteiger partial charge in [0, 0.05) is 15.6 Å². The Morgan fingerprint density at radius 1 is 1.22 bits per heavy atom. The van der Waals surface area contributed by atoms with Crippen molar-refractivity contribution >= 4 is 27.5 Å². The van der Waals surface area contributed by atoms with Crippen LogP contribution in [0.15, 0.2) is 40.9 Å². The normalized spacial score (nSPS) is 12.5. The molecule has 2 aromatic rings. The molecule has 0 aliphatic carbocycles. The van der Waals surface area contributed by atoms with Crippen LogP contribution in [0.5, 0.6) is 0 Å². The number of rotatable bonds is 2. The highest BCUT2D eigenvalue weighted by atomic mass is 79.9. The van der Waals surface area contributed by atoms with Gasteiger partial charge in [-0.15, -0.1) is 0 Å². The molecule has 1 atom stereocenters.